The summed E-state index contributed by atoms with van der Waals surface area (Å²) in [5, 5.41) is 0. The van der Waals surface area contributed by atoms with Gasteiger partial charge in [0, 0.05) is 25.9 Å². The van der Waals surface area contributed by atoms with Crippen LogP contribution in [0.3, 0.4) is 0 Å². The third kappa shape index (κ3) is 5.56. The molecular weight excluding hydrogens is 212 g/mol. The van der Waals surface area contributed by atoms with Gasteiger partial charge in [0.1, 0.15) is 0 Å². The quantitative estimate of drug-likeness (QED) is 0.660. The van der Waals surface area contributed by atoms with Crippen LogP contribution < -0.4 is 0 Å². The summed E-state index contributed by atoms with van der Waals surface area (Å²) in [6.07, 6.45) is 1.71. The highest BCUT2D eigenvalue weighted by Crippen LogP contribution is 2.23. The Morgan fingerprint density at radius 2 is 1.27 bits per heavy atom. The Bertz CT molecular complexity index is 203. The maximum atomic E-state index is 11.0. The van der Waals surface area contributed by atoms with Crippen molar-refractivity contribution in [3.05, 3.63) is 0 Å². The number of rotatable bonds is 6. The molecule has 0 bridgehead atoms. The van der Waals surface area contributed by atoms with Crippen molar-refractivity contribution in [2.45, 2.75) is 52.6 Å². The molecule has 4 nitrogen and oxygen atoms in total. The molecule has 0 aromatic carbocycles. The lowest BCUT2D eigenvalue weighted by Crippen LogP contribution is -2.44. The molecule has 0 atom stereocenters. The maximum absolute atomic E-state index is 11.0. The average Bonchev–Trinajstić information content (AvgIpc) is 2.01. The molecule has 0 spiro atoms. The van der Waals surface area contributed by atoms with Gasteiger partial charge in [-0.25, -0.2) is 0 Å². The lowest BCUT2D eigenvalue weighted by Gasteiger charge is -2.28. The van der Waals surface area contributed by atoms with Gasteiger partial charge in [0.2, 0.25) is 0 Å². The van der Waals surface area contributed by atoms with Crippen LogP contribution in [0.25, 0.3) is 0 Å². The van der Waals surface area contributed by atoms with E-state index in [9.17, 15) is 9.59 Å². The van der Waals surface area contributed by atoms with Crippen molar-refractivity contribution < 1.29 is 18.4 Å². The second kappa shape index (κ2) is 6.61. The lowest BCUT2D eigenvalue weighted by atomic mass is 10.6. The third-order valence-corrected chi connectivity index (χ3v) is 5.76. The molecule has 0 aromatic rings. The second-order valence-corrected chi connectivity index (χ2v) is 6.83. The fourth-order valence-corrected chi connectivity index (χ4v) is 4.91. The molecule has 0 unspecified atom stereocenters. The zero-order valence-corrected chi connectivity index (χ0v) is 11.0. The van der Waals surface area contributed by atoms with Crippen LogP contribution in [-0.2, 0) is 18.4 Å². The highest BCUT2D eigenvalue weighted by Gasteiger charge is 2.41. The Labute approximate surface area is 92.2 Å². The van der Waals surface area contributed by atoms with Crippen LogP contribution in [0, 0.1) is 0 Å². The van der Waals surface area contributed by atoms with E-state index >= 15 is 0 Å². The van der Waals surface area contributed by atoms with Crippen LogP contribution in [0.15, 0.2) is 0 Å². The number of hydrogen-bond donors (Lipinski definition) is 0. The predicted molar refractivity (Wildman–Crippen MR) is 59.5 cm³/mol. The largest absolute Gasteiger partial charge is 0.485 e. The summed E-state index contributed by atoms with van der Waals surface area (Å²) in [5.41, 5.74) is 0. The third-order valence-electron chi connectivity index (χ3n) is 1.92. The van der Waals surface area contributed by atoms with Gasteiger partial charge in [-0.15, -0.1) is 0 Å². The van der Waals surface area contributed by atoms with Crippen molar-refractivity contribution in [3.8, 4) is 0 Å². The minimum absolute atomic E-state index is 0.357. The van der Waals surface area contributed by atoms with E-state index in [1.165, 1.54) is 13.8 Å². The fourth-order valence-electron chi connectivity index (χ4n) is 1.64. The van der Waals surface area contributed by atoms with Crippen molar-refractivity contribution in [2.24, 2.45) is 0 Å². The van der Waals surface area contributed by atoms with Crippen molar-refractivity contribution >= 4 is 20.5 Å². The molecule has 0 N–H and O–H groups in total. The van der Waals surface area contributed by atoms with E-state index in [0.717, 1.165) is 12.8 Å². The molecule has 0 aliphatic rings. The van der Waals surface area contributed by atoms with Gasteiger partial charge in [-0.1, -0.05) is 26.7 Å². The van der Waals surface area contributed by atoms with Crippen LogP contribution >= 0.6 is 0 Å². The first kappa shape index (κ1) is 14.2. The smallest absolute Gasteiger partial charge is 0.464 e. The normalized spacial score (nSPS) is 10.9. The molecule has 5 heteroatoms. The fraction of sp³-hybridized carbons (Fsp3) is 0.800. The Kier molecular flexibility index (Phi) is 6.23. The summed E-state index contributed by atoms with van der Waals surface area (Å²) in [6, 6.07) is 1.36. The van der Waals surface area contributed by atoms with Crippen molar-refractivity contribution in [2.75, 3.05) is 0 Å². The van der Waals surface area contributed by atoms with Crippen molar-refractivity contribution in [3.63, 3.8) is 0 Å². The van der Waals surface area contributed by atoms with Crippen LogP contribution in [0.1, 0.15) is 40.5 Å². The van der Waals surface area contributed by atoms with Gasteiger partial charge in [0.15, 0.2) is 0 Å². The van der Waals surface area contributed by atoms with E-state index in [4.69, 9.17) is 8.85 Å². The molecule has 0 aliphatic carbocycles. The minimum Gasteiger partial charge on any atom is -0.485 e. The predicted octanol–water partition coefficient (Wildman–Crippen LogP) is 2.37. The zero-order chi connectivity index (χ0) is 11.9. The van der Waals surface area contributed by atoms with E-state index in [1.54, 1.807) is 0 Å². The first-order chi connectivity index (χ1) is 6.95. The van der Waals surface area contributed by atoms with Gasteiger partial charge < -0.3 is 8.85 Å². The van der Waals surface area contributed by atoms with Crippen molar-refractivity contribution in [1.82, 2.24) is 0 Å². The average molecular weight is 232 g/mol. The first-order valence-corrected chi connectivity index (χ1v) is 7.58. The Balaban J connectivity index is 4.69. The first-order valence-electron chi connectivity index (χ1n) is 5.35. The molecule has 0 amide bonds. The Morgan fingerprint density at radius 3 is 1.47 bits per heavy atom. The zero-order valence-electron chi connectivity index (χ0n) is 9.96. The molecule has 0 aliphatic heterocycles. The van der Waals surface area contributed by atoms with Gasteiger partial charge in [-0.2, -0.15) is 0 Å². The summed E-state index contributed by atoms with van der Waals surface area (Å²) < 4.78 is 10.6. The topological polar surface area (TPSA) is 52.6 Å². The maximum Gasteiger partial charge on any atom is 0.464 e. The summed E-state index contributed by atoms with van der Waals surface area (Å²) in [7, 11) is -2.62. The van der Waals surface area contributed by atoms with Gasteiger partial charge in [0.25, 0.3) is 11.9 Å². The minimum atomic E-state index is -2.62. The molecular formula is C10H20O4Si. The molecule has 88 valence electrons. The van der Waals surface area contributed by atoms with E-state index in [1.807, 2.05) is 13.8 Å². The molecule has 0 saturated carbocycles. The summed E-state index contributed by atoms with van der Waals surface area (Å²) in [6.45, 7) is 6.70. The number of carbonyl (C=O) groups excluding carboxylic acids is 2. The molecule has 0 rings (SSSR count). The van der Waals surface area contributed by atoms with Gasteiger partial charge in [-0.05, 0) is 0 Å². The summed E-state index contributed by atoms with van der Waals surface area (Å²) in [4.78, 5) is 22.0. The van der Waals surface area contributed by atoms with Crippen LogP contribution in [0.2, 0.25) is 12.1 Å². The summed E-state index contributed by atoms with van der Waals surface area (Å²) in [5.74, 6) is -0.713. The van der Waals surface area contributed by atoms with E-state index in [0.29, 0.717) is 12.1 Å². The molecule has 0 fully saturated rings. The molecule has 0 saturated heterocycles. The molecule has 0 heterocycles. The Hall–Kier alpha value is -0.843. The van der Waals surface area contributed by atoms with Crippen molar-refractivity contribution in [1.29, 1.82) is 0 Å². The monoisotopic (exact) mass is 232 g/mol. The molecule has 0 aromatic heterocycles. The summed E-state index contributed by atoms with van der Waals surface area (Å²) >= 11 is 0. The van der Waals surface area contributed by atoms with Crippen LogP contribution in [0.4, 0.5) is 0 Å². The Morgan fingerprint density at radius 1 is 0.933 bits per heavy atom. The van der Waals surface area contributed by atoms with Gasteiger partial charge in [0.05, 0.1) is 0 Å². The standard InChI is InChI=1S/C10H20O4Si/c1-5-7-15(8-6-2,13-9(3)11)14-10(4)12/h5-8H2,1-4H3. The van der Waals surface area contributed by atoms with Crippen LogP contribution in [-0.4, -0.2) is 20.5 Å². The molecule has 15 heavy (non-hydrogen) atoms. The van der Waals surface area contributed by atoms with E-state index < -0.39 is 8.56 Å². The van der Waals surface area contributed by atoms with E-state index in [2.05, 4.69) is 0 Å². The highest BCUT2D eigenvalue weighted by atomic mass is 28.4. The number of carbonyl (C=O) groups is 2. The number of hydrogen-bond acceptors (Lipinski definition) is 4. The SMILES string of the molecule is CCC[Si](CCC)(OC(C)=O)OC(C)=O. The highest BCUT2D eigenvalue weighted by molar-refractivity contribution is 6.70. The van der Waals surface area contributed by atoms with E-state index in [-0.39, 0.29) is 11.9 Å². The van der Waals surface area contributed by atoms with Gasteiger partial charge in [-0.3, -0.25) is 9.59 Å². The second-order valence-electron chi connectivity index (χ2n) is 3.60. The molecule has 0 radical (unpaired) electrons. The van der Waals surface area contributed by atoms with Crippen LogP contribution in [0.5, 0.6) is 0 Å². The lowest BCUT2D eigenvalue weighted by molar-refractivity contribution is -0.139. The van der Waals surface area contributed by atoms with Gasteiger partial charge >= 0.3 is 8.56 Å².